The van der Waals surface area contributed by atoms with Gasteiger partial charge in [0.15, 0.2) is 6.10 Å². The summed E-state index contributed by atoms with van der Waals surface area (Å²) in [5, 5.41) is 9.17. The molecule has 1 aromatic heterocycles. The van der Waals surface area contributed by atoms with E-state index in [0.29, 0.717) is 0 Å². The van der Waals surface area contributed by atoms with Crippen LogP contribution in [-0.2, 0) is 0 Å². The van der Waals surface area contributed by atoms with Gasteiger partial charge in [-0.3, -0.25) is 0 Å². The molecule has 0 saturated heterocycles. The zero-order valence-corrected chi connectivity index (χ0v) is 21.9. The van der Waals surface area contributed by atoms with E-state index in [1.54, 1.807) is 7.11 Å². The van der Waals surface area contributed by atoms with Gasteiger partial charge in [-0.1, -0.05) is 69.7 Å². The van der Waals surface area contributed by atoms with Crippen molar-refractivity contribution < 1.29 is 9.47 Å². The summed E-state index contributed by atoms with van der Waals surface area (Å²) < 4.78 is 15.5. The predicted molar refractivity (Wildman–Crippen MR) is 142 cm³/mol. The lowest BCUT2D eigenvalue weighted by Crippen LogP contribution is -2.32. The van der Waals surface area contributed by atoms with Crippen LogP contribution in [0.1, 0.15) is 34.4 Å². The Bertz CT molecular complexity index is 1460. The van der Waals surface area contributed by atoms with E-state index in [-0.39, 0.29) is 6.04 Å². The van der Waals surface area contributed by atoms with Crippen molar-refractivity contribution in [2.45, 2.75) is 24.2 Å². The molecule has 2 atom stereocenters. The molecule has 0 spiro atoms. The summed E-state index contributed by atoms with van der Waals surface area (Å²) in [6.45, 7) is 2.10. The minimum atomic E-state index is -0.402. The fourth-order valence-electron chi connectivity index (χ4n) is 4.78. The van der Waals surface area contributed by atoms with Crippen LogP contribution in [0.25, 0.3) is 5.70 Å². The fourth-order valence-corrected chi connectivity index (χ4v) is 5.51. The smallest absolute Gasteiger partial charge is 0.227 e. The lowest BCUT2D eigenvalue weighted by Gasteiger charge is -2.39. The average molecular weight is 547 g/mol. The highest BCUT2D eigenvalue weighted by Gasteiger charge is 2.42. The number of anilines is 1. The van der Waals surface area contributed by atoms with E-state index >= 15 is 0 Å². The van der Waals surface area contributed by atoms with Gasteiger partial charge in [-0.25, -0.2) is 4.68 Å². The first-order valence-electron chi connectivity index (χ1n) is 11.2. The third-order valence-electron chi connectivity index (χ3n) is 6.41. The molecule has 8 heteroatoms. The number of fused-ring (bicyclic) bond motifs is 3. The number of thioether (sulfide) groups is 1. The lowest BCUT2D eigenvalue weighted by atomic mass is 9.84. The molecule has 0 aliphatic carbocycles. The van der Waals surface area contributed by atoms with Crippen molar-refractivity contribution in [2.24, 2.45) is 0 Å². The normalized spacial score (nSPS) is 18.2. The molecule has 0 fully saturated rings. The van der Waals surface area contributed by atoms with Crippen LogP contribution in [0.15, 0.2) is 81.9 Å². The number of para-hydroxylation sites is 1. The summed E-state index contributed by atoms with van der Waals surface area (Å²) in [6.07, 6.45) is 1.59. The first kappa shape index (κ1) is 22.2. The molecule has 0 saturated carbocycles. The monoisotopic (exact) mass is 546 g/mol. The Balaban J connectivity index is 1.65. The van der Waals surface area contributed by atoms with Crippen LogP contribution in [-0.4, -0.2) is 28.1 Å². The number of benzene rings is 3. The number of halogens is 1. The Kier molecular flexibility index (Phi) is 5.57. The first-order valence-corrected chi connectivity index (χ1v) is 13.3. The van der Waals surface area contributed by atoms with Gasteiger partial charge in [-0.05, 0) is 49.1 Å². The average Bonchev–Trinajstić information content (AvgIpc) is 3.30. The van der Waals surface area contributed by atoms with E-state index < -0.39 is 6.10 Å². The molecule has 3 heterocycles. The molecule has 0 unspecified atom stereocenters. The Morgan fingerprint density at radius 3 is 2.66 bits per heavy atom. The van der Waals surface area contributed by atoms with Crippen LogP contribution in [0.3, 0.4) is 0 Å². The molecule has 0 bridgehead atoms. The Hall–Kier alpha value is -3.23. The van der Waals surface area contributed by atoms with Crippen LogP contribution in [0.4, 0.5) is 5.95 Å². The van der Waals surface area contributed by atoms with Crippen LogP contribution < -0.4 is 14.8 Å². The van der Waals surface area contributed by atoms with Crippen LogP contribution in [0.2, 0.25) is 0 Å². The maximum absolute atomic E-state index is 6.74. The number of nitrogens with one attached hydrogen (secondary N) is 1. The number of nitrogens with zero attached hydrogens (tertiary/aromatic N) is 3. The highest BCUT2D eigenvalue weighted by Crippen LogP contribution is 2.52. The van der Waals surface area contributed by atoms with Gasteiger partial charge >= 0.3 is 0 Å². The molecule has 6 nitrogen and oxygen atoms in total. The Morgan fingerprint density at radius 1 is 1.09 bits per heavy atom. The second kappa shape index (κ2) is 8.77. The number of aryl methyl sites for hydroxylation is 1. The van der Waals surface area contributed by atoms with Gasteiger partial charge in [-0.15, -0.1) is 5.10 Å². The molecular weight excluding hydrogens is 524 g/mol. The summed E-state index contributed by atoms with van der Waals surface area (Å²) in [6, 6.07) is 22.5. The van der Waals surface area contributed by atoms with E-state index in [2.05, 4.69) is 64.6 Å². The Morgan fingerprint density at radius 2 is 1.89 bits per heavy atom. The highest BCUT2D eigenvalue weighted by molar-refractivity contribution is 9.10. The molecular formula is C27H23BrN4O2S. The first-order chi connectivity index (χ1) is 17.1. The van der Waals surface area contributed by atoms with Crippen molar-refractivity contribution in [1.82, 2.24) is 14.8 Å². The minimum Gasteiger partial charge on any atom is -0.496 e. The predicted octanol–water partition coefficient (Wildman–Crippen LogP) is 6.64. The summed E-state index contributed by atoms with van der Waals surface area (Å²) in [5.74, 6) is 2.29. The van der Waals surface area contributed by atoms with Crippen molar-refractivity contribution in [3.63, 3.8) is 0 Å². The number of methoxy groups -OCH3 is 1. The molecule has 6 rings (SSSR count). The van der Waals surface area contributed by atoms with Crippen LogP contribution in [0.5, 0.6) is 11.5 Å². The second-order valence-electron chi connectivity index (χ2n) is 8.52. The number of rotatable bonds is 4. The quantitative estimate of drug-likeness (QED) is 0.289. The zero-order valence-electron chi connectivity index (χ0n) is 19.4. The van der Waals surface area contributed by atoms with Gasteiger partial charge in [0, 0.05) is 21.2 Å². The topological polar surface area (TPSA) is 61.2 Å². The van der Waals surface area contributed by atoms with E-state index in [4.69, 9.17) is 19.6 Å². The molecule has 0 radical (unpaired) electrons. The van der Waals surface area contributed by atoms with Crippen molar-refractivity contribution >= 4 is 39.3 Å². The number of hydrogen-bond acceptors (Lipinski definition) is 6. The molecule has 2 aliphatic heterocycles. The van der Waals surface area contributed by atoms with Crippen molar-refractivity contribution in [3.8, 4) is 11.5 Å². The number of aromatic nitrogens is 3. The molecule has 0 amide bonds. The van der Waals surface area contributed by atoms with Gasteiger partial charge < -0.3 is 14.8 Å². The number of ether oxygens (including phenoxy) is 2. The molecule has 176 valence electrons. The van der Waals surface area contributed by atoms with Crippen molar-refractivity contribution in [1.29, 1.82) is 0 Å². The highest BCUT2D eigenvalue weighted by atomic mass is 79.9. The van der Waals surface area contributed by atoms with Gasteiger partial charge in [0.1, 0.15) is 17.5 Å². The van der Waals surface area contributed by atoms with Crippen LogP contribution in [0, 0.1) is 6.92 Å². The maximum atomic E-state index is 6.74. The van der Waals surface area contributed by atoms with E-state index in [0.717, 1.165) is 55.0 Å². The molecule has 4 aromatic rings. The summed E-state index contributed by atoms with van der Waals surface area (Å²) >= 11 is 5.17. The largest absolute Gasteiger partial charge is 0.496 e. The SMILES string of the molecule is COc1ccc(Br)cc1[C@@H]1Oc2ccccc2C2=C1[C@@H](c1ccc(C)cc1)n1nc(SC)nc1N2. The van der Waals surface area contributed by atoms with Gasteiger partial charge in [0.2, 0.25) is 11.1 Å². The Labute approximate surface area is 216 Å². The van der Waals surface area contributed by atoms with Gasteiger partial charge in [0.25, 0.3) is 0 Å². The summed E-state index contributed by atoms with van der Waals surface area (Å²) in [4.78, 5) is 4.77. The molecule has 2 aliphatic rings. The molecule has 3 aromatic carbocycles. The minimum absolute atomic E-state index is 0.211. The summed E-state index contributed by atoms with van der Waals surface area (Å²) in [5.41, 5.74) is 6.33. The maximum Gasteiger partial charge on any atom is 0.227 e. The fraction of sp³-hybridized carbons (Fsp3) is 0.185. The van der Waals surface area contributed by atoms with E-state index in [1.807, 2.05) is 41.3 Å². The van der Waals surface area contributed by atoms with Gasteiger partial charge in [-0.2, -0.15) is 4.98 Å². The lowest BCUT2D eigenvalue weighted by molar-refractivity contribution is 0.217. The third kappa shape index (κ3) is 3.72. The second-order valence-corrected chi connectivity index (χ2v) is 10.2. The van der Waals surface area contributed by atoms with Gasteiger partial charge in [0.05, 0.1) is 12.8 Å². The summed E-state index contributed by atoms with van der Waals surface area (Å²) in [7, 11) is 1.69. The van der Waals surface area contributed by atoms with Crippen molar-refractivity contribution in [2.75, 3.05) is 18.7 Å². The van der Waals surface area contributed by atoms with Crippen LogP contribution >= 0.6 is 27.7 Å². The van der Waals surface area contributed by atoms with Crippen molar-refractivity contribution in [3.05, 3.63) is 99.0 Å². The van der Waals surface area contributed by atoms with E-state index in [9.17, 15) is 0 Å². The molecule has 1 N–H and O–H groups in total. The third-order valence-corrected chi connectivity index (χ3v) is 7.44. The standard InChI is InChI=1S/C27H23BrN4O2S/c1-15-8-10-16(11-9-15)24-22-23(29-26-30-27(35-3)31-32(24)26)18-6-4-5-7-21(18)34-25(22)19-14-17(28)12-13-20(19)33-2/h4-14,24-25H,1-3H3,(H,29,30,31)/t24-,25+/m1/s1. The molecule has 35 heavy (non-hydrogen) atoms. The van der Waals surface area contributed by atoms with E-state index in [1.165, 1.54) is 17.3 Å². The number of hydrogen-bond donors (Lipinski definition) is 1. The zero-order chi connectivity index (χ0) is 24.1.